The lowest BCUT2D eigenvalue weighted by Crippen LogP contribution is -2.33. The number of fused-ring (bicyclic) bond motifs is 1. The van der Waals surface area contributed by atoms with Crippen molar-refractivity contribution in [1.82, 2.24) is 15.0 Å². The van der Waals surface area contributed by atoms with Gasteiger partial charge in [0.15, 0.2) is 17.3 Å². The van der Waals surface area contributed by atoms with Crippen LogP contribution in [0.1, 0.15) is 41.4 Å². The minimum Gasteiger partial charge on any atom is -0.322 e. The summed E-state index contributed by atoms with van der Waals surface area (Å²) in [6.07, 6.45) is 4.00. The molecular weight excluding hydrogens is 521 g/mol. The summed E-state index contributed by atoms with van der Waals surface area (Å²) in [4.78, 5) is 39.6. The molecule has 1 N–H and O–H groups in total. The van der Waals surface area contributed by atoms with Gasteiger partial charge < -0.3 is 5.32 Å². The average Bonchev–Trinajstić information content (AvgIpc) is 3.11. The zero-order valence-corrected chi connectivity index (χ0v) is 20.5. The van der Waals surface area contributed by atoms with E-state index in [-0.39, 0.29) is 17.2 Å². The van der Waals surface area contributed by atoms with Gasteiger partial charge in [0.2, 0.25) is 5.91 Å². The minimum atomic E-state index is -4.97. The molecule has 0 spiro atoms. The predicted octanol–water partition coefficient (Wildman–Crippen LogP) is 5.65. The molecule has 1 aliphatic heterocycles. The summed E-state index contributed by atoms with van der Waals surface area (Å²) in [5.74, 6) is -4.71. The van der Waals surface area contributed by atoms with Crippen LogP contribution in [-0.2, 0) is 11.0 Å². The topological polar surface area (TPSA) is 88.1 Å². The van der Waals surface area contributed by atoms with Crippen LogP contribution in [0.25, 0.3) is 0 Å². The van der Waals surface area contributed by atoms with Gasteiger partial charge in [-0.3, -0.25) is 19.5 Å². The zero-order valence-electron chi connectivity index (χ0n) is 20.5. The largest absolute Gasteiger partial charge is 0.434 e. The SMILES string of the molecule is CC1(C)C(=O)N(c2ccncn2)C2=CC=CC(c3cnc(C(F)(F)F)c(C(=O)Nc4ccc(F)c(F)c4)c3)C21. The van der Waals surface area contributed by atoms with Crippen molar-refractivity contribution in [3.05, 3.63) is 101 Å². The van der Waals surface area contributed by atoms with E-state index in [4.69, 9.17) is 0 Å². The minimum absolute atomic E-state index is 0.233. The molecule has 1 fully saturated rings. The number of hydrogen-bond donors (Lipinski definition) is 1. The molecule has 0 bridgehead atoms. The lowest BCUT2D eigenvalue weighted by Gasteiger charge is -2.32. The fourth-order valence-electron chi connectivity index (χ4n) is 5.03. The zero-order chi connectivity index (χ0) is 28.1. The highest BCUT2D eigenvalue weighted by Crippen LogP contribution is 2.53. The highest BCUT2D eigenvalue weighted by molar-refractivity contribution is 6.05. The molecule has 2 atom stereocenters. The summed E-state index contributed by atoms with van der Waals surface area (Å²) in [7, 11) is 0. The van der Waals surface area contributed by atoms with E-state index in [0.29, 0.717) is 17.6 Å². The summed E-state index contributed by atoms with van der Waals surface area (Å²) in [5.41, 5.74) is -2.62. The van der Waals surface area contributed by atoms with Gasteiger partial charge in [-0.25, -0.2) is 18.7 Å². The molecule has 2 aromatic heterocycles. The third-order valence-electron chi connectivity index (χ3n) is 6.83. The van der Waals surface area contributed by atoms with Gasteiger partial charge in [-0.15, -0.1) is 0 Å². The first-order valence-electron chi connectivity index (χ1n) is 11.7. The second-order valence-electron chi connectivity index (χ2n) is 9.66. The molecule has 7 nitrogen and oxygen atoms in total. The number of alkyl halides is 3. The molecule has 2 aliphatic rings. The van der Waals surface area contributed by atoms with Crippen LogP contribution in [0.4, 0.5) is 33.5 Å². The van der Waals surface area contributed by atoms with Crippen LogP contribution in [0.2, 0.25) is 0 Å². The van der Waals surface area contributed by atoms with E-state index in [0.717, 1.165) is 24.4 Å². The fraction of sp³-hybridized carbons (Fsp3) is 0.222. The smallest absolute Gasteiger partial charge is 0.322 e. The molecule has 0 saturated carbocycles. The van der Waals surface area contributed by atoms with Crippen molar-refractivity contribution in [2.24, 2.45) is 11.3 Å². The highest BCUT2D eigenvalue weighted by atomic mass is 19.4. The van der Waals surface area contributed by atoms with E-state index in [1.54, 1.807) is 38.1 Å². The number of aromatic nitrogens is 3. The number of rotatable bonds is 4. The lowest BCUT2D eigenvalue weighted by molar-refractivity contribution is -0.141. The number of amides is 2. The van der Waals surface area contributed by atoms with Crippen molar-refractivity contribution in [2.75, 3.05) is 10.2 Å². The number of hydrogen-bond acceptors (Lipinski definition) is 5. The fourth-order valence-corrected chi connectivity index (χ4v) is 5.03. The van der Waals surface area contributed by atoms with Gasteiger partial charge in [-0.05, 0) is 35.9 Å². The molecule has 39 heavy (non-hydrogen) atoms. The van der Waals surface area contributed by atoms with E-state index in [1.807, 2.05) is 0 Å². The molecule has 12 heteroatoms. The number of halogens is 5. The molecule has 2 unspecified atom stereocenters. The van der Waals surface area contributed by atoms with Gasteiger partial charge in [0.25, 0.3) is 5.91 Å². The third-order valence-corrected chi connectivity index (χ3v) is 6.83. The van der Waals surface area contributed by atoms with Gasteiger partial charge in [0, 0.05) is 41.7 Å². The van der Waals surface area contributed by atoms with Gasteiger partial charge in [-0.1, -0.05) is 26.0 Å². The normalized spacial score (nSPS) is 20.0. The Labute approximate surface area is 219 Å². The van der Waals surface area contributed by atoms with Crippen molar-refractivity contribution < 1.29 is 31.5 Å². The number of anilines is 2. The van der Waals surface area contributed by atoms with Crippen LogP contribution in [0, 0.1) is 23.0 Å². The van der Waals surface area contributed by atoms with Crippen LogP contribution in [-0.4, -0.2) is 26.8 Å². The summed E-state index contributed by atoms with van der Waals surface area (Å²) in [6, 6.07) is 5.07. The second kappa shape index (κ2) is 9.37. The van der Waals surface area contributed by atoms with Crippen molar-refractivity contribution in [2.45, 2.75) is 25.9 Å². The van der Waals surface area contributed by atoms with E-state index in [1.165, 1.54) is 17.4 Å². The highest BCUT2D eigenvalue weighted by Gasteiger charge is 2.55. The van der Waals surface area contributed by atoms with E-state index >= 15 is 0 Å². The first-order chi connectivity index (χ1) is 18.4. The Morgan fingerprint density at radius 2 is 1.85 bits per heavy atom. The maximum Gasteiger partial charge on any atom is 0.434 e. The average molecular weight is 541 g/mol. The molecule has 0 radical (unpaired) electrons. The Hall–Kier alpha value is -4.48. The van der Waals surface area contributed by atoms with Gasteiger partial charge in [-0.2, -0.15) is 13.2 Å². The number of nitrogens with zero attached hydrogens (tertiary/aromatic N) is 4. The number of benzene rings is 1. The standard InChI is InChI=1S/C27H20F5N5O2/c1-26(2)22-16(4-3-5-20(22)37(25(26)39)21-8-9-33-13-35-21)14-10-17(23(34-12-14)27(30,31)32)24(38)36-15-6-7-18(28)19(29)11-15/h3-13,16,22H,1-2H3,(H,36,38). The molecule has 1 saturated heterocycles. The summed E-state index contributed by atoms with van der Waals surface area (Å²) in [6.45, 7) is 3.46. The van der Waals surface area contributed by atoms with Crippen LogP contribution >= 0.6 is 0 Å². The Balaban J connectivity index is 1.56. The van der Waals surface area contributed by atoms with Gasteiger partial charge in [0.05, 0.1) is 11.0 Å². The molecule has 2 amide bonds. The maximum absolute atomic E-state index is 13.8. The van der Waals surface area contributed by atoms with E-state index in [2.05, 4.69) is 20.3 Å². The van der Waals surface area contributed by atoms with Crippen molar-refractivity contribution in [3.8, 4) is 0 Å². The van der Waals surface area contributed by atoms with Crippen LogP contribution in [0.5, 0.6) is 0 Å². The Morgan fingerprint density at radius 3 is 2.51 bits per heavy atom. The number of pyridine rings is 1. The lowest BCUT2D eigenvalue weighted by atomic mass is 9.69. The van der Waals surface area contributed by atoms with Crippen molar-refractivity contribution in [1.29, 1.82) is 0 Å². The molecular formula is C27H20F5N5O2. The van der Waals surface area contributed by atoms with Crippen molar-refractivity contribution in [3.63, 3.8) is 0 Å². The van der Waals surface area contributed by atoms with E-state index in [9.17, 15) is 31.5 Å². The number of carbonyl (C=O) groups is 2. The molecule has 200 valence electrons. The van der Waals surface area contributed by atoms with Crippen molar-refractivity contribution >= 4 is 23.3 Å². The quantitative estimate of drug-likeness (QED) is 0.432. The monoisotopic (exact) mass is 541 g/mol. The van der Waals surface area contributed by atoms with Gasteiger partial charge >= 0.3 is 6.18 Å². The summed E-state index contributed by atoms with van der Waals surface area (Å²) < 4.78 is 68.4. The van der Waals surface area contributed by atoms with Crippen LogP contribution < -0.4 is 10.2 Å². The Kier molecular flexibility index (Phi) is 6.28. The number of nitrogens with one attached hydrogen (secondary N) is 1. The van der Waals surface area contributed by atoms with E-state index < -0.39 is 52.2 Å². The first-order valence-corrected chi connectivity index (χ1v) is 11.7. The predicted molar refractivity (Wildman–Crippen MR) is 130 cm³/mol. The Morgan fingerprint density at radius 1 is 1.08 bits per heavy atom. The molecule has 3 aromatic rings. The van der Waals surface area contributed by atoms with Crippen LogP contribution in [0.15, 0.2) is 73.0 Å². The Bertz CT molecular complexity index is 1540. The molecule has 1 aromatic carbocycles. The number of allylic oxidation sites excluding steroid dienone is 4. The summed E-state index contributed by atoms with van der Waals surface area (Å²) >= 11 is 0. The van der Waals surface area contributed by atoms with Gasteiger partial charge in [0.1, 0.15) is 12.1 Å². The third kappa shape index (κ3) is 4.55. The van der Waals surface area contributed by atoms with Crippen LogP contribution in [0.3, 0.4) is 0 Å². The molecule has 1 aliphatic carbocycles. The first kappa shape index (κ1) is 26.1. The second-order valence-corrected chi connectivity index (χ2v) is 9.66. The summed E-state index contributed by atoms with van der Waals surface area (Å²) in [5, 5.41) is 2.18. The molecule has 3 heterocycles. The number of carbonyl (C=O) groups excluding carboxylic acids is 2. The maximum atomic E-state index is 13.8. The molecule has 5 rings (SSSR count).